The molecule has 0 atom stereocenters. The van der Waals surface area contributed by atoms with Crippen molar-refractivity contribution < 1.29 is 18.9 Å². The average molecular weight is 326 g/mol. The molecule has 2 aromatic rings. The zero-order chi connectivity index (χ0) is 16.5. The molecule has 0 spiro atoms. The highest BCUT2D eigenvalue weighted by molar-refractivity contribution is 5.29. The van der Waals surface area contributed by atoms with Gasteiger partial charge in [-0.05, 0) is 35.4 Å². The molecule has 126 valence electrons. The zero-order valence-corrected chi connectivity index (χ0v) is 13.6. The van der Waals surface area contributed by atoms with Crippen LogP contribution in [-0.2, 0) is 22.7 Å². The monoisotopic (exact) mass is 326 g/mol. The number of rotatable bonds is 0. The highest BCUT2D eigenvalue weighted by Crippen LogP contribution is 2.16. The summed E-state index contributed by atoms with van der Waals surface area (Å²) in [5, 5.41) is 0. The van der Waals surface area contributed by atoms with Gasteiger partial charge in [0, 0.05) is 0 Å². The van der Waals surface area contributed by atoms with Gasteiger partial charge in [-0.15, -0.1) is 0 Å². The van der Waals surface area contributed by atoms with Crippen LogP contribution in [0.1, 0.15) is 11.1 Å². The first-order valence-corrected chi connectivity index (χ1v) is 8.14. The molecule has 0 saturated carbocycles. The van der Waals surface area contributed by atoms with Crippen LogP contribution in [0.5, 0.6) is 11.5 Å². The predicted octanol–water partition coefficient (Wildman–Crippen LogP) is 3.75. The third-order valence-corrected chi connectivity index (χ3v) is 3.55. The van der Waals surface area contributed by atoms with Crippen LogP contribution < -0.4 is 9.47 Å². The second-order valence-electron chi connectivity index (χ2n) is 5.49. The highest BCUT2D eigenvalue weighted by atomic mass is 16.5. The summed E-state index contributed by atoms with van der Waals surface area (Å²) in [4.78, 5) is 0. The Labute approximate surface area is 142 Å². The summed E-state index contributed by atoms with van der Waals surface area (Å²) in [6.07, 6.45) is 3.95. The Balaban J connectivity index is 1.65. The topological polar surface area (TPSA) is 36.9 Å². The van der Waals surface area contributed by atoms with Crippen LogP contribution in [-0.4, -0.2) is 26.4 Å². The van der Waals surface area contributed by atoms with Gasteiger partial charge >= 0.3 is 0 Å². The minimum atomic E-state index is 0.494. The number of ether oxygens (including phenoxy) is 4. The Morgan fingerprint density at radius 2 is 1.12 bits per heavy atom. The summed E-state index contributed by atoms with van der Waals surface area (Å²) in [6, 6.07) is 15.9. The van der Waals surface area contributed by atoms with Crippen molar-refractivity contribution in [1.82, 2.24) is 0 Å². The summed E-state index contributed by atoms with van der Waals surface area (Å²) < 4.78 is 22.8. The van der Waals surface area contributed by atoms with Crippen molar-refractivity contribution in [1.29, 1.82) is 0 Å². The molecule has 0 amide bonds. The molecular formula is C20H22O4. The van der Waals surface area contributed by atoms with Crippen LogP contribution in [0.3, 0.4) is 0 Å². The van der Waals surface area contributed by atoms with Gasteiger partial charge in [-0.3, -0.25) is 0 Å². The summed E-state index contributed by atoms with van der Waals surface area (Å²) in [5.41, 5.74) is 2.18. The van der Waals surface area contributed by atoms with Gasteiger partial charge in [0.2, 0.25) is 0 Å². The average Bonchev–Trinajstić information content (AvgIpc) is 2.61. The molecule has 4 bridgehead atoms. The normalized spacial score (nSPS) is 17.7. The minimum absolute atomic E-state index is 0.494. The molecular weight excluding hydrogens is 304 g/mol. The van der Waals surface area contributed by atoms with Crippen molar-refractivity contribution in [2.75, 3.05) is 26.4 Å². The van der Waals surface area contributed by atoms with Gasteiger partial charge in [-0.1, -0.05) is 36.4 Å². The van der Waals surface area contributed by atoms with Gasteiger partial charge in [-0.25, -0.2) is 0 Å². The summed E-state index contributed by atoms with van der Waals surface area (Å²) in [7, 11) is 0. The van der Waals surface area contributed by atoms with Crippen LogP contribution in [0.15, 0.2) is 60.7 Å². The van der Waals surface area contributed by atoms with E-state index in [1.165, 1.54) is 0 Å². The molecule has 4 nitrogen and oxygen atoms in total. The van der Waals surface area contributed by atoms with Crippen LogP contribution >= 0.6 is 0 Å². The maximum Gasteiger partial charge on any atom is 0.122 e. The van der Waals surface area contributed by atoms with Crippen molar-refractivity contribution >= 4 is 0 Å². The van der Waals surface area contributed by atoms with Crippen LogP contribution in [0, 0.1) is 0 Å². The molecule has 0 radical (unpaired) electrons. The zero-order valence-electron chi connectivity index (χ0n) is 13.6. The molecule has 0 aromatic heterocycles. The number of benzene rings is 2. The molecule has 0 unspecified atom stereocenters. The molecule has 0 aliphatic carbocycles. The second kappa shape index (κ2) is 9.11. The van der Waals surface area contributed by atoms with Crippen LogP contribution in [0.25, 0.3) is 0 Å². The first-order valence-electron chi connectivity index (χ1n) is 8.14. The van der Waals surface area contributed by atoms with E-state index >= 15 is 0 Å². The number of fused-ring (bicyclic) bond motifs is 4. The van der Waals surface area contributed by atoms with Crippen molar-refractivity contribution in [3.8, 4) is 11.5 Å². The molecule has 0 N–H and O–H groups in total. The van der Waals surface area contributed by atoms with E-state index in [1.807, 2.05) is 60.7 Å². The van der Waals surface area contributed by atoms with E-state index in [-0.39, 0.29) is 0 Å². The summed E-state index contributed by atoms with van der Waals surface area (Å²) >= 11 is 0. The fraction of sp³-hybridized carbons (Fsp3) is 0.300. The van der Waals surface area contributed by atoms with E-state index < -0.39 is 0 Å². The lowest BCUT2D eigenvalue weighted by molar-refractivity contribution is 0.140. The smallest absolute Gasteiger partial charge is 0.122 e. The fourth-order valence-electron chi connectivity index (χ4n) is 2.39. The van der Waals surface area contributed by atoms with E-state index in [2.05, 4.69) is 0 Å². The quantitative estimate of drug-likeness (QED) is 0.691. The molecule has 4 heteroatoms. The third kappa shape index (κ3) is 5.41. The van der Waals surface area contributed by atoms with E-state index in [4.69, 9.17) is 18.9 Å². The molecule has 3 rings (SSSR count). The standard InChI is InChI=1S/C20H22O4/c1-2-10-22-16-18-6-4-8-20(14-18)24-12-11-23-19-7-3-5-17(13-19)15-21-9-1/h1-8,13-14H,9-12,15-16H2/b2-1+. The first-order chi connectivity index (χ1) is 11.9. The van der Waals surface area contributed by atoms with Crippen molar-refractivity contribution in [2.24, 2.45) is 0 Å². The van der Waals surface area contributed by atoms with E-state index in [0.717, 1.165) is 22.6 Å². The molecule has 1 aliphatic rings. The van der Waals surface area contributed by atoms with E-state index in [9.17, 15) is 0 Å². The highest BCUT2D eigenvalue weighted by Gasteiger charge is 2.00. The van der Waals surface area contributed by atoms with Gasteiger partial charge in [-0.2, -0.15) is 0 Å². The summed E-state index contributed by atoms with van der Waals surface area (Å²) in [5.74, 6) is 1.66. The summed E-state index contributed by atoms with van der Waals surface area (Å²) in [6.45, 7) is 3.24. The van der Waals surface area contributed by atoms with Crippen molar-refractivity contribution in [3.63, 3.8) is 0 Å². The lowest BCUT2D eigenvalue weighted by Gasteiger charge is -2.11. The first kappa shape index (κ1) is 16.6. The minimum Gasteiger partial charge on any atom is -0.490 e. The Kier molecular flexibility index (Phi) is 6.28. The Morgan fingerprint density at radius 1 is 0.625 bits per heavy atom. The molecule has 2 aromatic carbocycles. The lowest BCUT2D eigenvalue weighted by atomic mass is 10.2. The van der Waals surface area contributed by atoms with Crippen molar-refractivity contribution in [3.05, 3.63) is 71.8 Å². The van der Waals surface area contributed by atoms with E-state index in [1.54, 1.807) is 0 Å². The Bertz CT molecular complexity index is 609. The van der Waals surface area contributed by atoms with Gasteiger partial charge in [0.25, 0.3) is 0 Å². The molecule has 0 saturated heterocycles. The van der Waals surface area contributed by atoms with Crippen LogP contribution in [0.2, 0.25) is 0 Å². The lowest BCUT2D eigenvalue weighted by Crippen LogP contribution is -2.09. The number of hydrogen-bond donors (Lipinski definition) is 0. The molecule has 24 heavy (non-hydrogen) atoms. The predicted molar refractivity (Wildman–Crippen MR) is 92.3 cm³/mol. The van der Waals surface area contributed by atoms with Gasteiger partial charge < -0.3 is 18.9 Å². The fourth-order valence-corrected chi connectivity index (χ4v) is 2.39. The Hall–Kier alpha value is -2.30. The largest absolute Gasteiger partial charge is 0.490 e. The third-order valence-electron chi connectivity index (χ3n) is 3.55. The van der Waals surface area contributed by atoms with Gasteiger partial charge in [0.05, 0.1) is 26.4 Å². The SMILES string of the molecule is C1=C/COCc2cccc(c2)OCCOc2cccc(c2)COC/1. The van der Waals surface area contributed by atoms with Gasteiger partial charge in [0.1, 0.15) is 24.7 Å². The maximum absolute atomic E-state index is 5.74. The van der Waals surface area contributed by atoms with Crippen molar-refractivity contribution in [2.45, 2.75) is 13.2 Å². The second-order valence-corrected chi connectivity index (χ2v) is 5.49. The van der Waals surface area contributed by atoms with Crippen LogP contribution in [0.4, 0.5) is 0 Å². The Morgan fingerprint density at radius 3 is 1.62 bits per heavy atom. The molecule has 0 fully saturated rings. The van der Waals surface area contributed by atoms with E-state index in [0.29, 0.717) is 39.6 Å². The van der Waals surface area contributed by atoms with Gasteiger partial charge in [0.15, 0.2) is 0 Å². The number of hydrogen-bond acceptors (Lipinski definition) is 4. The maximum atomic E-state index is 5.74. The molecule has 1 heterocycles. The molecule has 1 aliphatic heterocycles.